The molecule has 0 aliphatic carbocycles. The van der Waals surface area contributed by atoms with E-state index < -0.39 is 6.10 Å². The third-order valence-electron chi connectivity index (χ3n) is 4.37. The van der Waals surface area contributed by atoms with Crippen molar-refractivity contribution < 1.29 is 19.4 Å². The highest BCUT2D eigenvalue weighted by Gasteiger charge is 2.21. The van der Waals surface area contributed by atoms with Crippen LogP contribution in [-0.4, -0.2) is 48.4 Å². The Kier molecular flexibility index (Phi) is 7.07. The van der Waals surface area contributed by atoms with Crippen LogP contribution in [0, 0.1) is 0 Å². The Balaban J connectivity index is 1.41. The standard InChI is InChI=1S/C21H26N2O4/c24-19-8-5-11-23(15-19)21(25)22-18-7-4-6-17(14-18)16-26-12-13-27-20-9-2-1-3-10-20/h1-4,6-7,9-10,14,19,24H,5,8,11-13,15-16H2,(H,22,25)/t19-/m0/s1. The minimum atomic E-state index is -0.428. The number of likely N-dealkylation sites (tertiary alicyclic amines) is 1. The zero-order valence-corrected chi connectivity index (χ0v) is 15.3. The lowest BCUT2D eigenvalue weighted by atomic mass is 10.1. The van der Waals surface area contributed by atoms with E-state index in [9.17, 15) is 9.90 Å². The second-order valence-electron chi connectivity index (χ2n) is 6.59. The van der Waals surface area contributed by atoms with Crippen LogP contribution in [0.5, 0.6) is 5.75 Å². The van der Waals surface area contributed by atoms with Crippen molar-refractivity contribution in [1.82, 2.24) is 4.90 Å². The van der Waals surface area contributed by atoms with Gasteiger partial charge in [0.25, 0.3) is 0 Å². The summed E-state index contributed by atoms with van der Waals surface area (Å²) in [5, 5.41) is 12.6. The van der Waals surface area contributed by atoms with Crippen LogP contribution in [0.2, 0.25) is 0 Å². The number of nitrogens with one attached hydrogen (secondary N) is 1. The molecule has 1 heterocycles. The molecule has 3 rings (SSSR count). The molecule has 0 saturated carbocycles. The molecule has 1 saturated heterocycles. The van der Waals surface area contributed by atoms with Gasteiger partial charge in [0.1, 0.15) is 12.4 Å². The fourth-order valence-electron chi connectivity index (χ4n) is 3.01. The van der Waals surface area contributed by atoms with Crippen LogP contribution in [0.3, 0.4) is 0 Å². The number of para-hydroxylation sites is 1. The molecule has 0 aromatic heterocycles. The van der Waals surface area contributed by atoms with E-state index in [0.29, 0.717) is 32.9 Å². The second kappa shape index (κ2) is 9.94. The molecule has 6 nitrogen and oxygen atoms in total. The molecule has 0 spiro atoms. The summed E-state index contributed by atoms with van der Waals surface area (Å²) in [5.74, 6) is 0.827. The number of ether oxygens (including phenoxy) is 2. The third kappa shape index (κ3) is 6.27. The van der Waals surface area contributed by atoms with E-state index in [2.05, 4.69) is 5.32 Å². The van der Waals surface area contributed by atoms with Crippen molar-refractivity contribution in [2.45, 2.75) is 25.6 Å². The molecule has 2 amide bonds. The number of hydrogen-bond acceptors (Lipinski definition) is 4. The SMILES string of the molecule is O=C(Nc1cccc(COCCOc2ccccc2)c1)N1CCC[C@H](O)C1. The number of amides is 2. The number of rotatable bonds is 7. The van der Waals surface area contributed by atoms with Gasteiger partial charge in [-0.1, -0.05) is 30.3 Å². The van der Waals surface area contributed by atoms with E-state index in [1.54, 1.807) is 4.90 Å². The van der Waals surface area contributed by atoms with E-state index in [1.807, 2.05) is 54.6 Å². The van der Waals surface area contributed by atoms with E-state index in [1.165, 1.54) is 0 Å². The Morgan fingerprint density at radius 3 is 2.81 bits per heavy atom. The van der Waals surface area contributed by atoms with Gasteiger partial charge in [-0.3, -0.25) is 0 Å². The molecule has 144 valence electrons. The van der Waals surface area contributed by atoms with Gasteiger partial charge in [-0.25, -0.2) is 4.79 Å². The highest BCUT2D eigenvalue weighted by Crippen LogP contribution is 2.15. The second-order valence-corrected chi connectivity index (χ2v) is 6.59. The van der Waals surface area contributed by atoms with Crippen molar-refractivity contribution in [3.05, 3.63) is 60.2 Å². The summed E-state index contributed by atoms with van der Waals surface area (Å²) >= 11 is 0. The number of carbonyl (C=O) groups is 1. The van der Waals surface area contributed by atoms with Gasteiger partial charge in [0.2, 0.25) is 0 Å². The van der Waals surface area contributed by atoms with Crippen molar-refractivity contribution >= 4 is 11.7 Å². The topological polar surface area (TPSA) is 71.0 Å². The number of β-amino-alcohol motifs (C(OH)–C–C–N with tert-alkyl or cyclic N) is 1. The normalized spacial score (nSPS) is 16.8. The summed E-state index contributed by atoms with van der Waals surface area (Å²) in [5.41, 5.74) is 1.70. The first-order valence-corrected chi connectivity index (χ1v) is 9.29. The smallest absolute Gasteiger partial charge is 0.321 e. The quantitative estimate of drug-likeness (QED) is 0.734. The fraction of sp³-hybridized carbons (Fsp3) is 0.381. The maximum absolute atomic E-state index is 12.3. The van der Waals surface area contributed by atoms with Crippen LogP contribution < -0.4 is 10.1 Å². The van der Waals surface area contributed by atoms with E-state index in [-0.39, 0.29) is 6.03 Å². The first-order valence-electron chi connectivity index (χ1n) is 9.29. The van der Waals surface area contributed by atoms with Crippen molar-refractivity contribution in [3.8, 4) is 5.75 Å². The van der Waals surface area contributed by atoms with Crippen molar-refractivity contribution in [2.75, 3.05) is 31.6 Å². The van der Waals surface area contributed by atoms with Gasteiger partial charge in [0.05, 0.1) is 19.3 Å². The monoisotopic (exact) mass is 370 g/mol. The Hall–Kier alpha value is -2.57. The van der Waals surface area contributed by atoms with Crippen LogP contribution in [0.25, 0.3) is 0 Å². The molecule has 0 bridgehead atoms. The summed E-state index contributed by atoms with van der Waals surface area (Å²) in [4.78, 5) is 14.0. The molecule has 6 heteroatoms. The molecular weight excluding hydrogens is 344 g/mol. The highest BCUT2D eigenvalue weighted by atomic mass is 16.5. The van der Waals surface area contributed by atoms with Crippen LogP contribution in [0.4, 0.5) is 10.5 Å². The molecule has 0 unspecified atom stereocenters. The van der Waals surface area contributed by atoms with E-state index >= 15 is 0 Å². The lowest BCUT2D eigenvalue weighted by Gasteiger charge is -2.30. The number of benzene rings is 2. The lowest BCUT2D eigenvalue weighted by Crippen LogP contribution is -2.44. The van der Waals surface area contributed by atoms with Gasteiger partial charge >= 0.3 is 6.03 Å². The van der Waals surface area contributed by atoms with Crippen LogP contribution >= 0.6 is 0 Å². The average molecular weight is 370 g/mol. The number of nitrogens with zero attached hydrogens (tertiary/aromatic N) is 1. The molecule has 1 fully saturated rings. The Labute approximate surface area is 159 Å². The zero-order valence-electron chi connectivity index (χ0n) is 15.3. The number of hydrogen-bond donors (Lipinski definition) is 2. The largest absolute Gasteiger partial charge is 0.491 e. The number of aliphatic hydroxyl groups excluding tert-OH is 1. The van der Waals surface area contributed by atoms with Crippen molar-refractivity contribution in [1.29, 1.82) is 0 Å². The maximum Gasteiger partial charge on any atom is 0.321 e. The maximum atomic E-state index is 12.3. The minimum absolute atomic E-state index is 0.178. The molecule has 2 aromatic rings. The average Bonchev–Trinajstić information content (AvgIpc) is 2.69. The van der Waals surface area contributed by atoms with Gasteiger partial charge in [0.15, 0.2) is 0 Å². The van der Waals surface area contributed by atoms with Crippen molar-refractivity contribution in [3.63, 3.8) is 0 Å². The molecule has 2 aromatic carbocycles. The molecule has 2 N–H and O–H groups in total. The van der Waals surface area contributed by atoms with Crippen molar-refractivity contribution in [2.24, 2.45) is 0 Å². The van der Waals surface area contributed by atoms with Crippen LogP contribution in [-0.2, 0) is 11.3 Å². The predicted octanol–water partition coefficient (Wildman–Crippen LogP) is 3.27. The number of carbonyl (C=O) groups excluding carboxylic acids is 1. The molecule has 1 atom stereocenters. The summed E-state index contributed by atoms with van der Waals surface area (Å²) in [6.45, 7) is 2.47. The predicted molar refractivity (Wildman–Crippen MR) is 104 cm³/mol. The minimum Gasteiger partial charge on any atom is -0.491 e. The number of urea groups is 1. The highest BCUT2D eigenvalue weighted by molar-refractivity contribution is 5.89. The molecule has 1 aliphatic heterocycles. The van der Waals surface area contributed by atoms with Gasteiger partial charge in [0, 0.05) is 18.8 Å². The summed E-state index contributed by atoms with van der Waals surface area (Å²) < 4.78 is 11.2. The summed E-state index contributed by atoms with van der Waals surface area (Å²) in [7, 11) is 0. The first-order chi connectivity index (χ1) is 13.2. The molecule has 27 heavy (non-hydrogen) atoms. The third-order valence-corrected chi connectivity index (χ3v) is 4.37. The molecule has 1 aliphatic rings. The molecular formula is C21H26N2O4. The van der Waals surface area contributed by atoms with E-state index in [4.69, 9.17) is 9.47 Å². The first kappa shape index (κ1) is 19.2. The van der Waals surface area contributed by atoms with Gasteiger partial charge in [-0.2, -0.15) is 0 Å². The Morgan fingerprint density at radius 1 is 1.15 bits per heavy atom. The van der Waals surface area contributed by atoms with E-state index in [0.717, 1.165) is 29.8 Å². The zero-order chi connectivity index (χ0) is 18.9. The van der Waals surface area contributed by atoms with Crippen LogP contribution in [0.15, 0.2) is 54.6 Å². The fourth-order valence-corrected chi connectivity index (χ4v) is 3.01. The van der Waals surface area contributed by atoms with Gasteiger partial charge in [-0.05, 0) is 42.7 Å². The summed E-state index contributed by atoms with van der Waals surface area (Å²) in [6, 6.07) is 17.0. The van der Waals surface area contributed by atoms with Crippen LogP contribution in [0.1, 0.15) is 18.4 Å². The molecule has 0 radical (unpaired) electrons. The Morgan fingerprint density at radius 2 is 2.00 bits per heavy atom. The number of piperidine rings is 1. The Bertz CT molecular complexity index is 723. The number of aliphatic hydroxyl groups is 1. The summed E-state index contributed by atoms with van der Waals surface area (Å²) in [6.07, 6.45) is 1.15. The van der Waals surface area contributed by atoms with Gasteiger partial charge < -0.3 is 24.8 Å². The number of anilines is 1. The lowest BCUT2D eigenvalue weighted by molar-refractivity contribution is 0.0882. The van der Waals surface area contributed by atoms with Gasteiger partial charge in [-0.15, -0.1) is 0 Å².